The van der Waals surface area contributed by atoms with Gasteiger partial charge < -0.3 is 15.2 Å². The fourth-order valence-electron chi connectivity index (χ4n) is 1.29. The zero-order valence-corrected chi connectivity index (χ0v) is 10.8. The highest BCUT2D eigenvalue weighted by Gasteiger charge is 2.14. The monoisotopic (exact) mass is 255 g/mol. The van der Waals surface area contributed by atoms with Crippen LogP contribution in [0.2, 0.25) is 0 Å². The quantitative estimate of drug-likeness (QED) is 0.813. The number of aliphatic hydroxyl groups excluding tert-OH is 1. The van der Waals surface area contributed by atoms with E-state index < -0.39 is 0 Å². The molecule has 0 radical (unpaired) electrons. The van der Waals surface area contributed by atoms with Crippen LogP contribution in [0.25, 0.3) is 0 Å². The number of thioether (sulfide) groups is 1. The maximum atomic E-state index is 11.8. The molecular weight excluding hydrogens is 238 g/mol. The summed E-state index contributed by atoms with van der Waals surface area (Å²) in [6, 6.07) is 7.27. The number of hydrogen-bond acceptors (Lipinski definition) is 4. The number of benzene rings is 1. The Bertz CT molecular complexity index is 371. The predicted octanol–water partition coefficient (Wildman–Crippen LogP) is 1.75. The van der Waals surface area contributed by atoms with Crippen molar-refractivity contribution < 1.29 is 14.6 Å². The van der Waals surface area contributed by atoms with Crippen LogP contribution in [0.3, 0.4) is 0 Å². The molecule has 0 saturated heterocycles. The summed E-state index contributed by atoms with van der Waals surface area (Å²) < 4.78 is 5.15. The Morgan fingerprint density at radius 1 is 1.53 bits per heavy atom. The number of carbonyl (C=O) groups excluding carboxylic acids is 1. The van der Waals surface area contributed by atoms with E-state index in [2.05, 4.69) is 5.32 Å². The summed E-state index contributed by atoms with van der Waals surface area (Å²) in [5.41, 5.74) is 0.663. The number of nitrogens with one attached hydrogen (secondary N) is 1. The first-order valence-electron chi connectivity index (χ1n) is 5.35. The first-order valence-corrected chi connectivity index (χ1v) is 6.40. The lowest BCUT2D eigenvalue weighted by molar-refractivity contribution is -0.115. The highest BCUT2D eigenvalue weighted by atomic mass is 32.2. The van der Waals surface area contributed by atoms with Gasteiger partial charge in [0.2, 0.25) is 5.91 Å². The third kappa shape index (κ3) is 4.28. The molecule has 0 aliphatic carbocycles. The van der Waals surface area contributed by atoms with E-state index in [9.17, 15) is 4.79 Å². The van der Waals surface area contributed by atoms with Gasteiger partial charge in [0.15, 0.2) is 0 Å². The predicted molar refractivity (Wildman–Crippen MR) is 70.6 cm³/mol. The molecule has 1 unspecified atom stereocenters. The Morgan fingerprint density at radius 3 is 2.88 bits per heavy atom. The maximum Gasteiger partial charge on any atom is 0.237 e. The molecule has 0 saturated carbocycles. The van der Waals surface area contributed by atoms with E-state index in [-0.39, 0.29) is 17.8 Å². The number of amides is 1. The molecule has 0 aliphatic rings. The Hall–Kier alpha value is -1.20. The summed E-state index contributed by atoms with van der Waals surface area (Å²) in [5, 5.41) is 11.3. The molecule has 0 aromatic heterocycles. The van der Waals surface area contributed by atoms with Crippen molar-refractivity contribution in [3.8, 4) is 5.75 Å². The van der Waals surface area contributed by atoms with Gasteiger partial charge in [-0.3, -0.25) is 4.79 Å². The molecule has 5 heteroatoms. The molecule has 1 rings (SSSR count). The van der Waals surface area contributed by atoms with E-state index in [1.807, 2.05) is 19.1 Å². The molecule has 2 N–H and O–H groups in total. The largest absolute Gasteiger partial charge is 0.495 e. The molecule has 0 aliphatic heterocycles. The van der Waals surface area contributed by atoms with Gasteiger partial charge in [0, 0.05) is 5.75 Å². The van der Waals surface area contributed by atoms with Gasteiger partial charge in [0.25, 0.3) is 0 Å². The smallest absolute Gasteiger partial charge is 0.237 e. The molecule has 0 heterocycles. The van der Waals surface area contributed by atoms with Crippen molar-refractivity contribution in [1.29, 1.82) is 0 Å². The van der Waals surface area contributed by atoms with E-state index in [1.165, 1.54) is 11.8 Å². The Balaban J connectivity index is 2.61. The fraction of sp³-hybridized carbons (Fsp3) is 0.417. The van der Waals surface area contributed by atoms with Crippen LogP contribution in [0, 0.1) is 0 Å². The highest BCUT2D eigenvalue weighted by molar-refractivity contribution is 8.00. The number of para-hydroxylation sites is 2. The molecule has 4 nitrogen and oxygen atoms in total. The summed E-state index contributed by atoms with van der Waals surface area (Å²) >= 11 is 1.41. The molecular formula is C12H17NO3S. The molecule has 0 bridgehead atoms. The number of aliphatic hydroxyl groups is 1. The van der Waals surface area contributed by atoms with Gasteiger partial charge >= 0.3 is 0 Å². The van der Waals surface area contributed by atoms with Crippen LogP contribution in [0.1, 0.15) is 6.92 Å². The number of anilines is 1. The normalized spacial score (nSPS) is 11.9. The van der Waals surface area contributed by atoms with Gasteiger partial charge in [-0.05, 0) is 19.1 Å². The van der Waals surface area contributed by atoms with Crippen LogP contribution in [0.5, 0.6) is 5.75 Å². The average Bonchev–Trinajstić information content (AvgIpc) is 2.36. The number of ether oxygens (including phenoxy) is 1. The average molecular weight is 255 g/mol. The summed E-state index contributed by atoms with van der Waals surface area (Å²) in [7, 11) is 1.56. The first kappa shape index (κ1) is 13.9. The zero-order chi connectivity index (χ0) is 12.7. The number of hydrogen-bond donors (Lipinski definition) is 2. The topological polar surface area (TPSA) is 58.6 Å². The second-order valence-electron chi connectivity index (χ2n) is 3.43. The molecule has 1 aromatic carbocycles. The molecule has 0 spiro atoms. The third-order valence-electron chi connectivity index (χ3n) is 2.19. The molecule has 17 heavy (non-hydrogen) atoms. The van der Waals surface area contributed by atoms with Crippen LogP contribution in [-0.4, -0.2) is 35.7 Å². The minimum absolute atomic E-state index is 0.0803. The van der Waals surface area contributed by atoms with Gasteiger partial charge in [-0.2, -0.15) is 0 Å². The maximum absolute atomic E-state index is 11.8. The van der Waals surface area contributed by atoms with E-state index in [4.69, 9.17) is 9.84 Å². The van der Waals surface area contributed by atoms with E-state index in [0.717, 1.165) is 0 Å². The van der Waals surface area contributed by atoms with Crippen molar-refractivity contribution in [2.75, 3.05) is 24.8 Å². The van der Waals surface area contributed by atoms with Gasteiger partial charge in [-0.15, -0.1) is 11.8 Å². The molecule has 1 aromatic rings. The van der Waals surface area contributed by atoms with Gasteiger partial charge in [-0.25, -0.2) is 0 Å². The van der Waals surface area contributed by atoms with Crippen LogP contribution in [0.4, 0.5) is 5.69 Å². The molecule has 1 atom stereocenters. The second-order valence-corrected chi connectivity index (χ2v) is 4.87. The van der Waals surface area contributed by atoms with Crippen molar-refractivity contribution in [3.05, 3.63) is 24.3 Å². The van der Waals surface area contributed by atoms with E-state index >= 15 is 0 Å². The lowest BCUT2D eigenvalue weighted by Crippen LogP contribution is -2.23. The number of methoxy groups -OCH3 is 1. The van der Waals surface area contributed by atoms with Gasteiger partial charge in [0.1, 0.15) is 5.75 Å². The minimum atomic E-state index is -0.202. The van der Waals surface area contributed by atoms with Crippen molar-refractivity contribution in [2.45, 2.75) is 12.2 Å². The Kier molecular flexibility index (Phi) is 5.86. The number of carbonyl (C=O) groups is 1. The standard InChI is InChI=1S/C12H17NO3S/c1-9(17-8-7-14)12(15)13-10-5-3-4-6-11(10)16-2/h3-6,9,14H,7-8H2,1-2H3,(H,13,15). The summed E-state index contributed by atoms with van der Waals surface area (Å²) in [6.45, 7) is 1.89. The first-order chi connectivity index (χ1) is 8.19. The summed E-state index contributed by atoms with van der Waals surface area (Å²) in [5.74, 6) is 1.11. The fourth-order valence-corrected chi connectivity index (χ4v) is 1.96. The highest BCUT2D eigenvalue weighted by Crippen LogP contribution is 2.24. The molecule has 94 valence electrons. The summed E-state index contributed by atoms with van der Waals surface area (Å²) in [6.07, 6.45) is 0. The van der Waals surface area contributed by atoms with Crippen LogP contribution >= 0.6 is 11.8 Å². The van der Waals surface area contributed by atoms with Crippen molar-refractivity contribution in [2.24, 2.45) is 0 Å². The minimum Gasteiger partial charge on any atom is -0.495 e. The number of rotatable bonds is 6. The van der Waals surface area contributed by atoms with Gasteiger partial charge in [-0.1, -0.05) is 12.1 Å². The van der Waals surface area contributed by atoms with E-state index in [0.29, 0.717) is 17.2 Å². The van der Waals surface area contributed by atoms with Crippen molar-refractivity contribution >= 4 is 23.4 Å². The molecule has 1 amide bonds. The van der Waals surface area contributed by atoms with Crippen LogP contribution < -0.4 is 10.1 Å². The van der Waals surface area contributed by atoms with Crippen molar-refractivity contribution in [1.82, 2.24) is 0 Å². The van der Waals surface area contributed by atoms with Crippen LogP contribution in [0.15, 0.2) is 24.3 Å². The Labute approximate surface area is 105 Å². The van der Waals surface area contributed by atoms with Gasteiger partial charge in [0.05, 0.1) is 24.7 Å². The zero-order valence-electron chi connectivity index (χ0n) is 9.97. The summed E-state index contributed by atoms with van der Waals surface area (Å²) in [4.78, 5) is 11.8. The Morgan fingerprint density at radius 2 is 2.24 bits per heavy atom. The lowest BCUT2D eigenvalue weighted by Gasteiger charge is -2.13. The third-order valence-corrected chi connectivity index (χ3v) is 3.33. The second kappa shape index (κ2) is 7.19. The molecule has 0 fully saturated rings. The SMILES string of the molecule is COc1ccccc1NC(=O)C(C)SCCO. The van der Waals surface area contributed by atoms with Crippen LogP contribution in [-0.2, 0) is 4.79 Å². The van der Waals surface area contributed by atoms with Crippen molar-refractivity contribution in [3.63, 3.8) is 0 Å². The lowest BCUT2D eigenvalue weighted by atomic mass is 10.3. The van der Waals surface area contributed by atoms with E-state index in [1.54, 1.807) is 19.2 Å².